The van der Waals surface area contributed by atoms with Crippen molar-refractivity contribution in [3.05, 3.63) is 200 Å². The Balaban J connectivity index is 1.10. The smallest absolute Gasteiger partial charge is 0.166 e. The minimum Gasteiger partial charge on any atom is -0.309 e. The first kappa shape index (κ1) is 33.2. The Morgan fingerprint density at radius 1 is 0.362 bits per heavy atom. The van der Waals surface area contributed by atoms with Crippen LogP contribution in [0.5, 0.6) is 0 Å². The summed E-state index contributed by atoms with van der Waals surface area (Å²) in [6.07, 6.45) is 0. The number of hydrogen-bond donors (Lipinski definition) is 0. The van der Waals surface area contributed by atoms with Gasteiger partial charge >= 0.3 is 0 Å². The molecule has 0 unspecified atom stereocenters. The van der Waals surface area contributed by atoms with Crippen molar-refractivity contribution in [3.8, 4) is 62.7 Å². The third kappa shape index (κ3) is 5.45. The molecule has 0 spiro atoms. The Labute approximate surface area is 334 Å². The summed E-state index contributed by atoms with van der Waals surface area (Å²) in [5.74, 6) is 1.62. The Morgan fingerprint density at radius 2 is 0.862 bits per heavy atom. The lowest BCUT2D eigenvalue weighted by molar-refractivity contribution is 1.06. The molecule has 11 rings (SSSR count). The minimum atomic E-state index is 0.490. The second-order valence-electron chi connectivity index (χ2n) is 14.4. The first-order valence-corrected chi connectivity index (χ1v) is 19.3. The molecule has 0 radical (unpaired) electrons. The van der Waals surface area contributed by atoms with E-state index in [-0.39, 0.29) is 0 Å². The fourth-order valence-corrected chi connectivity index (χ4v) is 8.35. The molecule has 0 aliphatic carbocycles. The number of para-hydroxylation sites is 3. The minimum absolute atomic E-state index is 0.490. The van der Waals surface area contributed by atoms with Crippen LogP contribution >= 0.6 is 0 Å². The molecular weight excluding hydrogens is 709 g/mol. The van der Waals surface area contributed by atoms with Crippen LogP contribution < -0.4 is 0 Å². The summed E-state index contributed by atoms with van der Waals surface area (Å²) in [6, 6.07) is 69.3. The number of rotatable bonds is 6. The molecule has 0 bridgehead atoms. The van der Waals surface area contributed by atoms with Crippen LogP contribution in [0.25, 0.3) is 100 Å². The number of benzene rings is 8. The second-order valence-corrected chi connectivity index (χ2v) is 14.4. The van der Waals surface area contributed by atoms with Crippen molar-refractivity contribution in [1.29, 1.82) is 5.26 Å². The van der Waals surface area contributed by atoms with E-state index in [0.29, 0.717) is 23.0 Å². The number of nitriles is 1. The summed E-state index contributed by atoms with van der Waals surface area (Å²) in [5, 5.41) is 14.9. The predicted octanol–water partition coefficient (Wildman–Crippen LogP) is 12.6. The van der Waals surface area contributed by atoms with Crippen LogP contribution in [-0.2, 0) is 0 Å². The van der Waals surface area contributed by atoms with E-state index in [0.717, 1.165) is 61.0 Å². The van der Waals surface area contributed by atoms with E-state index in [2.05, 4.69) is 130 Å². The van der Waals surface area contributed by atoms with Gasteiger partial charge in [0.15, 0.2) is 17.5 Å². The Hall–Kier alpha value is -8.14. The topological polar surface area (TPSA) is 72.3 Å². The number of nitrogens with zero attached hydrogens (tertiary/aromatic N) is 6. The van der Waals surface area contributed by atoms with Gasteiger partial charge in [-0.1, -0.05) is 133 Å². The van der Waals surface area contributed by atoms with E-state index in [4.69, 9.17) is 15.0 Å². The van der Waals surface area contributed by atoms with E-state index < -0.39 is 0 Å². The monoisotopic (exact) mass is 740 g/mol. The van der Waals surface area contributed by atoms with E-state index in [1.165, 1.54) is 21.8 Å². The van der Waals surface area contributed by atoms with Crippen molar-refractivity contribution in [1.82, 2.24) is 24.1 Å². The van der Waals surface area contributed by atoms with Gasteiger partial charge < -0.3 is 9.13 Å². The number of hydrogen-bond acceptors (Lipinski definition) is 4. The van der Waals surface area contributed by atoms with Crippen molar-refractivity contribution in [2.24, 2.45) is 0 Å². The fraction of sp³-hybridized carbons (Fsp3) is 0. The molecule has 0 saturated heterocycles. The SMILES string of the molecule is N#Cc1ccc(-n2c3ccccc3c3cc(-c4cccc(-n5c6ccccc6c6ccccc65)c4)ccc32)c(-c2nc(-c3ccccc3)nc(-c3ccccc3)n2)c1. The van der Waals surface area contributed by atoms with Gasteiger partial charge in [-0.15, -0.1) is 0 Å². The lowest BCUT2D eigenvalue weighted by Crippen LogP contribution is -2.04. The first-order valence-electron chi connectivity index (χ1n) is 19.3. The van der Waals surface area contributed by atoms with Gasteiger partial charge in [0.05, 0.1) is 39.4 Å². The van der Waals surface area contributed by atoms with Gasteiger partial charge in [-0.25, -0.2) is 15.0 Å². The summed E-state index contributed by atoms with van der Waals surface area (Å²) < 4.78 is 4.63. The van der Waals surface area contributed by atoms with Crippen molar-refractivity contribution in [3.63, 3.8) is 0 Å². The molecule has 0 amide bonds. The average molecular weight is 741 g/mol. The Bertz CT molecular complexity index is 3300. The molecular formula is C52H32N6. The quantitative estimate of drug-likeness (QED) is 0.170. The van der Waals surface area contributed by atoms with Crippen LogP contribution in [-0.4, -0.2) is 24.1 Å². The highest BCUT2D eigenvalue weighted by atomic mass is 15.1. The predicted molar refractivity (Wildman–Crippen MR) is 235 cm³/mol. The van der Waals surface area contributed by atoms with E-state index in [9.17, 15) is 5.26 Å². The van der Waals surface area contributed by atoms with Gasteiger partial charge in [-0.3, -0.25) is 0 Å². The Morgan fingerprint density at radius 3 is 1.48 bits per heavy atom. The molecule has 0 aliphatic rings. The second kappa shape index (κ2) is 13.6. The Kier molecular flexibility index (Phi) is 7.76. The van der Waals surface area contributed by atoms with Crippen molar-refractivity contribution in [2.45, 2.75) is 0 Å². The molecule has 270 valence electrons. The van der Waals surface area contributed by atoms with Crippen LogP contribution in [0.15, 0.2) is 194 Å². The number of fused-ring (bicyclic) bond motifs is 6. The summed E-state index contributed by atoms with van der Waals surface area (Å²) >= 11 is 0. The van der Waals surface area contributed by atoms with Crippen LogP contribution in [0.2, 0.25) is 0 Å². The largest absolute Gasteiger partial charge is 0.309 e. The molecule has 6 nitrogen and oxygen atoms in total. The third-order valence-electron chi connectivity index (χ3n) is 11.0. The highest BCUT2D eigenvalue weighted by Gasteiger charge is 2.21. The zero-order valence-electron chi connectivity index (χ0n) is 31.2. The number of aromatic nitrogens is 5. The molecule has 0 saturated carbocycles. The van der Waals surface area contributed by atoms with Gasteiger partial charge in [-0.2, -0.15) is 5.26 Å². The van der Waals surface area contributed by atoms with Crippen molar-refractivity contribution >= 4 is 43.6 Å². The van der Waals surface area contributed by atoms with Crippen LogP contribution in [0.4, 0.5) is 0 Å². The lowest BCUT2D eigenvalue weighted by Gasteiger charge is -2.15. The lowest BCUT2D eigenvalue weighted by atomic mass is 10.0. The molecule has 6 heteroatoms. The van der Waals surface area contributed by atoms with Gasteiger partial charge in [-0.05, 0) is 71.8 Å². The molecule has 0 fully saturated rings. The maximum atomic E-state index is 10.2. The normalized spacial score (nSPS) is 11.4. The van der Waals surface area contributed by atoms with Crippen molar-refractivity contribution < 1.29 is 0 Å². The molecule has 0 N–H and O–H groups in total. The average Bonchev–Trinajstić information content (AvgIpc) is 3.82. The van der Waals surface area contributed by atoms with Crippen LogP contribution in [0, 0.1) is 11.3 Å². The van der Waals surface area contributed by atoms with E-state index >= 15 is 0 Å². The molecule has 8 aromatic carbocycles. The van der Waals surface area contributed by atoms with Crippen LogP contribution in [0.3, 0.4) is 0 Å². The summed E-state index contributed by atoms with van der Waals surface area (Å²) in [6.45, 7) is 0. The highest BCUT2D eigenvalue weighted by molar-refractivity contribution is 6.11. The van der Waals surface area contributed by atoms with Gasteiger partial charge in [0.1, 0.15) is 0 Å². The highest BCUT2D eigenvalue weighted by Crippen LogP contribution is 2.39. The first-order chi connectivity index (χ1) is 28.7. The molecule has 3 aromatic heterocycles. The molecule has 3 heterocycles. The molecule has 58 heavy (non-hydrogen) atoms. The summed E-state index contributed by atoms with van der Waals surface area (Å²) in [7, 11) is 0. The molecule has 11 aromatic rings. The standard InChI is InChI=1S/C52H32N6/c53-33-34-26-28-49(44(30-34)52-55-50(35-14-3-1-4-15-35)54-51(56-52)36-16-5-2-6-17-36)58-47-25-12-9-22-42(47)43-32-38(27-29-48(43)58)37-18-13-19-39(31-37)57-45-23-10-7-20-40(45)41-21-8-11-24-46(41)57/h1-32H. The maximum absolute atomic E-state index is 10.2. The molecule has 0 atom stereocenters. The van der Waals surface area contributed by atoms with E-state index in [1.807, 2.05) is 78.9 Å². The fourth-order valence-electron chi connectivity index (χ4n) is 8.35. The third-order valence-corrected chi connectivity index (χ3v) is 11.0. The maximum Gasteiger partial charge on any atom is 0.166 e. The summed E-state index contributed by atoms with van der Waals surface area (Å²) in [5.41, 5.74) is 11.7. The van der Waals surface area contributed by atoms with Crippen molar-refractivity contribution in [2.75, 3.05) is 0 Å². The van der Waals surface area contributed by atoms with Gasteiger partial charge in [0, 0.05) is 43.9 Å². The van der Waals surface area contributed by atoms with Gasteiger partial charge in [0.25, 0.3) is 0 Å². The zero-order chi connectivity index (χ0) is 38.6. The van der Waals surface area contributed by atoms with E-state index in [1.54, 1.807) is 0 Å². The summed E-state index contributed by atoms with van der Waals surface area (Å²) in [4.78, 5) is 15.1. The van der Waals surface area contributed by atoms with Crippen LogP contribution in [0.1, 0.15) is 5.56 Å². The zero-order valence-corrected chi connectivity index (χ0v) is 31.2. The van der Waals surface area contributed by atoms with Gasteiger partial charge in [0.2, 0.25) is 0 Å². The molecule has 0 aliphatic heterocycles.